The number of ether oxygens (including phenoxy) is 1. The van der Waals surface area contributed by atoms with Crippen LogP contribution in [0.15, 0.2) is 36.5 Å². The van der Waals surface area contributed by atoms with Gasteiger partial charge in [0.05, 0.1) is 26.0 Å². The summed E-state index contributed by atoms with van der Waals surface area (Å²) in [6.45, 7) is -0.0746. The quantitative estimate of drug-likeness (QED) is 0.822. The van der Waals surface area contributed by atoms with Crippen LogP contribution in [0.5, 0.6) is 5.75 Å². The lowest BCUT2D eigenvalue weighted by Gasteiger charge is -2.18. The lowest BCUT2D eigenvalue weighted by molar-refractivity contribution is 0.275. The standard InChI is InChI=1S/C13H14ClN3O2/c1-19-11-7-15-13(14)17-12(11)16-10(8-18)9-5-3-2-4-6-9/h2-7,10,18H,8H2,1H3,(H,15,16,17)/t10-/m1/s1. The lowest BCUT2D eigenvalue weighted by Crippen LogP contribution is -2.16. The monoisotopic (exact) mass is 279 g/mol. The summed E-state index contributed by atoms with van der Waals surface area (Å²) in [6.07, 6.45) is 1.48. The van der Waals surface area contributed by atoms with Gasteiger partial charge in [-0.25, -0.2) is 4.98 Å². The van der Waals surface area contributed by atoms with Gasteiger partial charge in [-0.05, 0) is 17.2 Å². The Balaban J connectivity index is 2.26. The van der Waals surface area contributed by atoms with E-state index in [9.17, 15) is 5.11 Å². The molecule has 0 unspecified atom stereocenters. The second-order valence-corrected chi connectivity index (χ2v) is 4.18. The van der Waals surface area contributed by atoms with Gasteiger partial charge in [0, 0.05) is 0 Å². The van der Waals surface area contributed by atoms with Gasteiger partial charge in [-0.2, -0.15) is 4.98 Å². The number of anilines is 1. The Hall–Kier alpha value is -1.85. The zero-order valence-electron chi connectivity index (χ0n) is 10.4. The number of methoxy groups -OCH3 is 1. The van der Waals surface area contributed by atoms with Crippen LogP contribution in [0, 0.1) is 0 Å². The summed E-state index contributed by atoms with van der Waals surface area (Å²) in [6, 6.07) is 9.28. The molecule has 100 valence electrons. The van der Waals surface area contributed by atoms with E-state index in [0.29, 0.717) is 11.6 Å². The van der Waals surface area contributed by atoms with Crippen molar-refractivity contribution in [2.75, 3.05) is 19.0 Å². The third kappa shape index (κ3) is 3.33. The Morgan fingerprint density at radius 3 is 2.74 bits per heavy atom. The molecule has 2 rings (SSSR count). The SMILES string of the molecule is COc1cnc(Cl)nc1N[C@H](CO)c1ccccc1. The van der Waals surface area contributed by atoms with Crippen molar-refractivity contribution >= 4 is 17.4 Å². The summed E-state index contributed by atoms with van der Waals surface area (Å²) in [7, 11) is 1.52. The van der Waals surface area contributed by atoms with Gasteiger partial charge in [0.1, 0.15) is 0 Å². The van der Waals surface area contributed by atoms with Gasteiger partial charge in [0.25, 0.3) is 0 Å². The molecule has 0 radical (unpaired) electrons. The van der Waals surface area contributed by atoms with Crippen molar-refractivity contribution in [3.8, 4) is 5.75 Å². The Kier molecular flexibility index (Phi) is 4.54. The van der Waals surface area contributed by atoms with Gasteiger partial charge in [0.2, 0.25) is 5.28 Å². The molecule has 0 fully saturated rings. The molecule has 1 aromatic heterocycles. The first-order chi connectivity index (χ1) is 9.24. The molecule has 2 N–H and O–H groups in total. The van der Waals surface area contributed by atoms with Crippen LogP contribution < -0.4 is 10.1 Å². The predicted molar refractivity (Wildman–Crippen MR) is 73.5 cm³/mol. The predicted octanol–water partition coefficient (Wildman–Crippen LogP) is 2.28. The number of halogens is 1. The molecule has 0 spiro atoms. The molecule has 0 amide bonds. The smallest absolute Gasteiger partial charge is 0.224 e. The minimum Gasteiger partial charge on any atom is -0.491 e. The molecule has 1 atom stereocenters. The average molecular weight is 280 g/mol. The second-order valence-electron chi connectivity index (χ2n) is 3.85. The fraction of sp³-hybridized carbons (Fsp3) is 0.231. The Bertz CT molecular complexity index is 537. The molecule has 6 heteroatoms. The van der Waals surface area contributed by atoms with E-state index in [1.807, 2.05) is 30.3 Å². The maximum absolute atomic E-state index is 9.49. The average Bonchev–Trinajstić information content (AvgIpc) is 2.46. The third-order valence-electron chi connectivity index (χ3n) is 2.64. The number of nitrogens with one attached hydrogen (secondary N) is 1. The van der Waals surface area contributed by atoms with E-state index in [1.165, 1.54) is 13.3 Å². The number of aromatic nitrogens is 2. The molecular formula is C13H14ClN3O2. The molecule has 0 aliphatic rings. The largest absolute Gasteiger partial charge is 0.491 e. The zero-order valence-corrected chi connectivity index (χ0v) is 11.1. The second kappa shape index (κ2) is 6.36. The molecule has 1 heterocycles. The van der Waals surface area contributed by atoms with Crippen LogP contribution >= 0.6 is 11.6 Å². The molecular weight excluding hydrogens is 266 g/mol. The third-order valence-corrected chi connectivity index (χ3v) is 2.82. The van der Waals surface area contributed by atoms with Gasteiger partial charge in [-0.3, -0.25) is 0 Å². The van der Waals surface area contributed by atoms with Gasteiger partial charge in [-0.15, -0.1) is 0 Å². The zero-order chi connectivity index (χ0) is 13.7. The van der Waals surface area contributed by atoms with Crippen LogP contribution in [0.3, 0.4) is 0 Å². The number of nitrogens with zero attached hydrogens (tertiary/aromatic N) is 2. The summed E-state index contributed by atoms with van der Waals surface area (Å²) in [5.74, 6) is 0.921. The first-order valence-corrected chi connectivity index (χ1v) is 6.11. The highest BCUT2D eigenvalue weighted by Crippen LogP contribution is 2.26. The summed E-state index contributed by atoms with van der Waals surface area (Å²) in [5, 5.41) is 12.7. The molecule has 2 aromatic rings. The van der Waals surface area contributed by atoms with Crippen LogP contribution in [0.4, 0.5) is 5.82 Å². The van der Waals surface area contributed by atoms with Crippen molar-refractivity contribution in [2.24, 2.45) is 0 Å². The molecule has 5 nitrogen and oxygen atoms in total. The number of hydrogen-bond acceptors (Lipinski definition) is 5. The highest BCUT2D eigenvalue weighted by molar-refractivity contribution is 6.28. The van der Waals surface area contributed by atoms with Crippen LogP contribution in [0.2, 0.25) is 5.28 Å². The van der Waals surface area contributed by atoms with Crippen molar-refractivity contribution < 1.29 is 9.84 Å². The van der Waals surface area contributed by atoms with Gasteiger partial charge in [-0.1, -0.05) is 30.3 Å². The molecule has 0 saturated heterocycles. The topological polar surface area (TPSA) is 67.3 Å². The summed E-state index contributed by atoms with van der Waals surface area (Å²) >= 11 is 5.77. The minimum absolute atomic E-state index is 0.0746. The summed E-state index contributed by atoms with van der Waals surface area (Å²) in [4.78, 5) is 7.91. The molecule has 0 bridgehead atoms. The van der Waals surface area contributed by atoms with Crippen LogP contribution in [0.25, 0.3) is 0 Å². The molecule has 1 aromatic carbocycles. The van der Waals surface area contributed by atoms with E-state index < -0.39 is 0 Å². The highest BCUT2D eigenvalue weighted by atomic mass is 35.5. The van der Waals surface area contributed by atoms with E-state index in [4.69, 9.17) is 16.3 Å². The summed E-state index contributed by atoms with van der Waals surface area (Å²) in [5.41, 5.74) is 0.946. The molecule has 0 saturated carbocycles. The van der Waals surface area contributed by atoms with E-state index in [2.05, 4.69) is 15.3 Å². The number of aliphatic hydroxyl groups is 1. The normalized spacial score (nSPS) is 11.9. The Labute approximate surface area is 116 Å². The highest BCUT2D eigenvalue weighted by Gasteiger charge is 2.14. The van der Waals surface area contributed by atoms with Gasteiger partial charge >= 0.3 is 0 Å². The summed E-state index contributed by atoms with van der Waals surface area (Å²) < 4.78 is 5.15. The van der Waals surface area contributed by atoms with Crippen LogP contribution in [-0.4, -0.2) is 28.8 Å². The first-order valence-electron chi connectivity index (χ1n) is 5.73. The lowest BCUT2D eigenvalue weighted by atomic mass is 10.1. The maximum Gasteiger partial charge on any atom is 0.224 e. The van der Waals surface area contributed by atoms with Crippen LogP contribution in [-0.2, 0) is 0 Å². The molecule has 19 heavy (non-hydrogen) atoms. The van der Waals surface area contributed by atoms with Crippen molar-refractivity contribution in [1.82, 2.24) is 9.97 Å². The van der Waals surface area contributed by atoms with E-state index in [-0.39, 0.29) is 17.9 Å². The molecule has 0 aliphatic carbocycles. The number of rotatable bonds is 5. The van der Waals surface area contributed by atoms with Gasteiger partial charge in [0.15, 0.2) is 11.6 Å². The fourth-order valence-corrected chi connectivity index (χ4v) is 1.82. The van der Waals surface area contributed by atoms with Crippen molar-refractivity contribution in [2.45, 2.75) is 6.04 Å². The fourth-order valence-electron chi connectivity index (χ4n) is 1.69. The Morgan fingerprint density at radius 1 is 1.37 bits per heavy atom. The van der Waals surface area contributed by atoms with Crippen molar-refractivity contribution in [3.05, 3.63) is 47.4 Å². The first kappa shape index (κ1) is 13.6. The van der Waals surface area contributed by atoms with E-state index in [0.717, 1.165) is 5.56 Å². The number of aliphatic hydroxyl groups excluding tert-OH is 1. The minimum atomic E-state index is -0.291. The Morgan fingerprint density at radius 2 is 2.11 bits per heavy atom. The van der Waals surface area contributed by atoms with Crippen LogP contribution in [0.1, 0.15) is 11.6 Å². The number of benzene rings is 1. The van der Waals surface area contributed by atoms with E-state index in [1.54, 1.807) is 0 Å². The van der Waals surface area contributed by atoms with Crippen molar-refractivity contribution in [1.29, 1.82) is 0 Å². The number of hydrogen-bond donors (Lipinski definition) is 2. The maximum atomic E-state index is 9.49. The van der Waals surface area contributed by atoms with E-state index >= 15 is 0 Å². The van der Waals surface area contributed by atoms with Crippen molar-refractivity contribution in [3.63, 3.8) is 0 Å². The molecule has 0 aliphatic heterocycles. The van der Waals surface area contributed by atoms with Gasteiger partial charge < -0.3 is 15.2 Å².